The monoisotopic (exact) mass is 664 g/mol. The fraction of sp³-hybridized carbons (Fsp3) is 0.556. The third kappa shape index (κ3) is 6.93. The van der Waals surface area contributed by atoms with E-state index in [4.69, 9.17) is 28.2 Å². The van der Waals surface area contributed by atoms with Crippen molar-refractivity contribution in [2.75, 3.05) is 0 Å². The van der Waals surface area contributed by atoms with Crippen molar-refractivity contribution in [1.29, 1.82) is 0 Å². The van der Waals surface area contributed by atoms with Crippen LogP contribution in [0.1, 0.15) is 118 Å². The number of halogens is 2. The molecule has 0 radical (unpaired) electrons. The summed E-state index contributed by atoms with van der Waals surface area (Å²) in [6.45, 7) is 7.06. The quantitative estimate of drug-likeness (QED) is 0.241. The Morgan fingerprint density at radius 1 is 1.02 bits per heavy atom. The van der Waals surface area contributed by atoms with Crippen molar-refractivity contribution in [3.63, 3.8) is 0 Å². The average Bonchev–Trinajstić information content (AvgIpc) is 3.64. The van der Waals surface area contributed by atoms with E-state index in [1.807, 2.05) is 31.3 Å². The topological polar surface area (TPSA) is 95.4 Å². The van der Waals surface area contributed by atoms with Gasteiger partial charge in [0.1, 0.15) is 11.4 Å². The van der Waals surface area contributed by atoms with Gasteiger partial charge in [-0.25, -0.2) is 5.21 Å². The Balaban J connectivity index is 1.33. The number of carbonyl (C=O) groups is 2. The molecular weight excluding hydrogens is 619 g/mol. The molecule has 46 heavy (non-hydrogen) atoms. The number of aryl methyl sites for hydroxylation is 1. The zero-order valence-electron chi connectivity index (χ0n) is 27.4. The molecule has 8 nitrogen and oxygen atoms in total. The molecule has 2 aliphatic carbocycles. The number of carbonyl (C=O) groups excluding carboxylic acids is 2. The van der Waals surface area contributed by atoms with Crippen LogP contribution in [0.25, 0.3) is 0 Å². The van der Waals surface area contributed by atoms with Gasteiger partial charge in [-0.2, -0.15) is 0 Å². The maximum Gasteiger partial charge on any atom is 0.275 e. The summed E-state index contributed by atoms with van der Waals surface area (Å²) >= 11 is 12.9. The Morgan fingerprint density at radius 2 is 1.65 bits per heavy atom. The molecule has 3 aromatic rings. The van der Waals surface area contributed by atoms with Crippen molar-refractivity contribution in [2.45, 2.75) is 103 Å². The molecular formula is C36H46Cl2N6O2. The van der Waals surface area contributed by atoms with Gasteiger partial charge in [-0.15, -0.1) is 5.10 Å². The Kier molecular flexibility index (Phi) is 9.41. The van der Waals surface area contributed by atoms with Crippen LogP contribution >= 0.6 is 23.2 Å². The number of amides is 2. The van der Waals surface area contributed by atoms with E-state index in [1.165, 1.54) is 25.7 Å². The Labute approximate surface area is 282 Å². The minimum atomic E-state index is -0.627. The summed E-state index contributed by atoms with van der Waals surface area (Å²) < 4.78 is 1.76. The number of hydrogen-bond donors (Lipinski definition) is 2. The first-order valence-corrected chi connectivity index (χ1v) is 17.5. The number of H-pyrrole nitrogens is 1. The van der Waals surface area contributed by atoms with Crippen molar-refractivity contribution >= 4 is 40.7 Å². The Morgan fingerprint density at radius 3 is 2.22 bits per heavy atom. The van der Waals surface area contributed by atoms with Gasteiger partial charge in [-0.1, -0.05) is 81.8 Å². The fourth-order valence-corrected chi connectivity index (χ4v) is 8.32. The van der Waals surface area contributed by atoms with Crippen molar-refractivity contribution in [1.82, 2.24) is 25.2 Å². The van der Waals surface area contributed by atoms with Crippen LogP contribution in [0.4, 0.5) is 0 Å². The molecule has 2 saturated carbocycles. The normalized spacial score (nSPS) is 22.9. The molecule has 2 fully saturated rings. The fourth-order valence-electron chi connectivity index (χ4n) is 7.79. The molecule has 6 rings (SSSR count). The number of aromatic amines is 1. The van der Waals surface area contributed by atoms with Crippen molar-refractivity contribution in [2.24, 2.45) is 29.3 Å². The van der Waals surface area contributed by atoms with E-state index in [0.29, 0.717) is 39.3 Å². The molecule has 0 bridgehead atoms. The SMILES string of the molecule is Cn1[nH]nc1CNC(=O)c1ccc([C@@H](CCC(C)(C)C)N2C(=O)C(c3cc(Cl)cc(Cl)c3)=NC23CCC(C2CCCC2)CC3)cc1. The number of aromatic nitrogens is 3. The van der Waals surface area contributed by atoms with Gasteiger partial charge in [-0.05, 0) is 91.7 Å². The predicted octanol–water partition coefficient (Wildman–Crippen LogP) is 8.26. The van der Waals surface area contributed by atoms with Crippen LogP contribution < -0.4 is 5.32 Å². The van der Waals surface area contributed by atoms with E-state index in [9.17, 15) is 9.59 Å². The van der Waals surface area contributed by atoms with E-state index < -0.39 is 5.66 Å². The summed E-state index contributed by atoms with van der Waals surface area (Å²) in [5.41, 5.74) is 2.14. The molecule has 2 heterocycles. The van der Waals surface area contributed by atoms with Crippen LogP contribution in [0.3, 0.4) is 0 Å². The second kappa shape index (κ2) is 13.2. The molecule has 1 spiro atoms. The molecule has 2 aromatic carbocycles. The molecule has 1 aliphatic heterocycles. The molecule has 2 amide bonds. The third-order valence-corrected chi connectivity index (χ3v) is 10.8. The number of benzene rings is 2. The second-order valence-electron chi connectivity index (χ2n) is 14.8. The van der Waals surface area contributed by atoms with Crippen LogP contribution in [0, 0.1) is 17.3 Å². The highest BCUT2D eigenvalue weighted by Crippen LogP contribution is 2.50. The Hall–Kier alpha value is -3.10. The van der Waals surface area contributed by atoms with E-state index >= 15 is 0 Å². The maximum atomic E-state index is 14.7. The van der Waals surface area contributed by atoms with Gasteiger partial charge in [0.05, 0.1) is 12.6 Å². The summed E-state index contributed by atoms with van der Waals surface area (Å²) in [4.78, 5) is 35.1. The number of rotatable bonds is 9. The molecule has 10 heteroatoms. The van der Waals surface area contributed by atoms with E-state index in [1.54, 1.807) is 22.9 Å². The van der Waals surface area contributed by atoms with Crippen LogP contribution in [0.15, 0.2) is 47.5 Å². The van der Waals surface area contributed by atoms with Crippen molar-refractivity contribution < 1.29 is 9.59 Å². The van der Waals surface area contributed by atoms with Gasteiger partial charge in [0.15, 0.2) is 5.82 Å². The summed E-state index contributed by atoms with van der Waals surface area (Å²) in [6.07, 6.45) is 10.9. The molecule has 1 atom stereocenters. The standard InChI is InChI=1S/C36H46Cl2N6O2/c1-35(2,3)16-15-30(25-9-11-26(12-10-25)33(45)39-22-31-41-42-43(31)4)44-34(46)32(27-19-28(37)21-29(38)20-27)40-36(44)17-13-24(14-18-36)23-7-5-6-8-23/h9-12,19-21,23-24,30,42H,5-8,13-18,22H2,1-4H3,(H,39,45)/t24?,30-,36?/m1/s1. The summed E-state index contributed by atoms with van der Waals surface area (Å²) in [7, 11) is 1.85. The molecule has 2 N–H and O–H groups in total. The van der Waals surface area contributed by atoms with Gasteiger partial charge in [0.2, 0.25) is 0 Å². The van der Waals surface area contributed by atoms with Crippen LogP contribution in [-0.4, -0.2) is 43.1 Å². The number of nitrogens with zero attached hydrogens (tertiary/aromatic N) is 4. The number of hydrogen-bond acceptors (Lipinski definition) is 4. The lowest BCUT2D eigenvalue weighted by atomic mass is 9.74. The minimum Gasteiger partial charge on any atom is -0.345 e. The summed E-state index contributed by atoms with van der Waals surface area (Å²) in [5.74, 6) is 2.02. The molecule has 3 aliphatic rings. The molecule has 246 valence electrons. The first-order valence-electron chi connectivity index (χ1n) is 16.8. The highest BCUT2D eigenvalue weighted by atomic mass is 35.5. The Bertz CT molecular complexity index is 1570. The van der Waals surface area contributed by atoms with Crippen LogP contribution in [0.5, 0.6) is 0 Å². The van der Waals surface area contributed by atoms with E-state index in [2.05, 4.69) is 41.3 Å². The van der Waals surface area contributed by atoms with E-state index in [0.717, 1.165) is 55.8 Å². The third-order valence-electron chi connectivity index (χ3n) is 10.4. The van der Waals surface area contributed by atoms with Gasteiger partial charge in [-0.3, -0.25) is 19.3 Å². The lowest BCUT2D eigenvalue weighted by Gasteiger charge is -2.46. The summed E-state index contributed by atoms with van der Waals surface area (Å²) in [6, 6.07) is 12.8. The second-order valence-corrected chi connectivity index (χ2v) is 15.6. The molecule has 0 saturated heterocycles. The highest BCUT2D eigenvalue weighted by Gasteiger charge is 2.52. The first kappa shape index (κ1) is 32.8. The smallest absolute Gasteiger partial charge is 0.275 e. The van der Waals surface area contributed by atoms with Gasteiger partial charge in [0, 0.05) is 28.2 Å². The van der Waals surface area contributed by atoms with Crippen molar-refractivity contribution in [3.8, 4) is 0 Å². The zero-order valence-corrected chi connectivity index (χ0v) is 28.9. The zero-order chi connectivity index (χ0) is 32.6. The van der Waals surface area contributed by atoms with E-state index in [-0.39, 0.29) is 23.3 Å². The van der Waals surface area contributed by atoms with Crippen molar-refractivity contribution in [3.05, 3.63) is 75.0 Å². The molecule has 1 aromatic heterocycles. The summed E-state index contributed by atoms with van der Waals surface area (Å²) in [5, 5.41) is 10.7. The van der Waals surface area contributed by atoms with Gasteiger partial charge >= 0.3 is 0 Å². The highest BCUT2D eigenvalue weighted by molar-refractivity contribution is 6.47. The van der Waals surface area contributed by atoms with Gasteiger partial charge < -0.3 is 10.2 Å². The first-order chi connectivity index (χ1) is 21.9. The number of nitrogens with one attached hydrogen (secondary N) is 2. The minimum absolute atomic E-state index is 0.0719. The maximum absolute atomic E-state index is 14.7. The lowest BCUT2D eigenvalue weighted by molar-refractivity contribution is -0.133. The predicted molar refractivity (Wildman–Crippen MR) is 183 cm³/mol. The largest absolute Gasteiger partial charge is 0.345 e. The molecule has 0 unspecified atom stereocenters. The number of aliphatic imine (C=N–C) groups is 1. The van der Waals surface area contributed by atoms with Crippen LogP contribution in [0.2, 0.25) is 10.0 Å². The lowest BCUT2D eigenvalue weighted by Crippen LogP contribution is -2.51. The average molecular weight is 666 g/mol. The van der Waals surface area contributed by atoms with Crippen LogP contribution in [-0.2, 0) is 18.4 Å². The van der Waals surface area contributed by atoms with Gasteiger partial charge in [0.25, 0.3) is 11.8 Å².